The summed E-state index contributed by atoms with van der Waals surface area (Å²) in [4.78, 5) is 0. The summed E-state index contributed by atoms with van der Waals surface area (Å²) in [5.74, 6) is 0.960. The molecule has 1 aliphatic carbocycles. The third-order valence-electron chi connectivity index (χ3n) is 4.15. The lowest BCUT2D eigenvalue weighted by Crippen LogP contribution is -2.52. The lowest BCUT2D eigenvalue weighted by molar-refractivity contribution is -0.0506. The van der Waals surface area contributed by atoms with Crippen molar-refractivity contribution in [1.29, 1.82) is 0 Å². The topological polar surface area (TPSA) is 21.3 Å². The van der Waals surface area contributed by atoms with Crippen LogP contribution in [0, 0.1) is 5.92 Å². The highest BCUT2D eigenvalue weighted by molar-refractivity contribution is 4.94. The number of methoxy groups -OCH3 is 1. The van der Waals surface area contributed by atoms with Crippen LogP contribution in [0.25, 0.3) is 0 Å². The van der Waals surface area contributed by atoms with Crippen molar-refractivity contribution in [3.8, 4) is 0 Å². The number of hydrogen-bond donors (Lipinski definition) is 1. The van der Waals surface area contributed by atoms with Crippen LogP contribution in [0.4, 0.5) is 0 Å². The van der Waals surface area contributed by atoms with Gasteiger partial charge in [0.15, 0.2) is 0 Å². The van der Waals surface area contributed by atoms with Crippen LogP contribution in [-0.4, -0.2) is 25.3 Å². The molecule has 1 rings (SSSR count). The van der Waals surface area contributed by atoms with Gasteiger partial charge >= 0.3 is 0 Å². The molecule has 16 heavy (non-hydrogen) atoms. The molecule has 0 aliphatic heterocycles. The average Bonchev–Trinajstić information content (AvgIpc) is 3.12. The van der Waals surface area contributed by atoms with Crippen molar-refractivity contribution in [2.24, 2.45) is 5.92 Å². The van der Waals surface area contributed by atoms with Gasteiger partial charge in [0.2, 0.25) is 0 Å². The van der Waals surface area contributed by atoms with Crippen molar-refractivity contribution < 1.29 is 4.74 Å². The summed E-state index contributed by atoms with van der Waals surface area (Å²) in [7, 11) is 1.88. The van der Waals surface area contributed by atoms with E-state index in [1.807, 2.05) is 7.11 Å². The maximum atomic E-state index is 5.86. The second-order valence-electron chi connectivity index (χ2n) is 5.16. The third-order valence-corrected chi connectivity index (χ3v) is 4.15. The monoisotopic (exact) mass is 227 g/mol. The minimum atomic E-state index is 0.0533. The van der Waals surface area contributed by atoms with Crippen LogP contribution in [0.5, 0.6) is 0 Å². The largest absolute Gasteiger partial charge is 0.377 e. The van der Waals surface area contributed by atoms with Gasteiger partial charge in [0, 0.05) is 13.2 Å². The molecule has 0 spiro atoms. The summed E-state index contributed by atoms with van der Waals surface area (Å²) in [5.41, 5.74) is 0.0533. The van der Waals surface area contributed by atoms with E-state index in [2.05, 4.69) is 26.1 Å². The van der Waals surface area contributed by atoms with Crippen LogP contribution in [0.2, 0.25) is 0 Å². The molecular formula is C14H29NO. The van der Waals surface area contributed by atoms with Crippen LogP contribution < -0.4 is 5.32 Å². The molecule has 0 bridgehead atoms. The number of rotatable bonds is 9. The van der Waals surface area contributed by atoms with E-state index in [1.54, 1.807) is 0 Å². The van der Waals surface area contributed by atoms with Crippen molar-refractivity contribution >= 4 is 0 Å². The number of nitrogens with one attached hydrogen (secondary N) is 1. The zero-order valence-corrected chi connectivity index (χ0v) is 11.5. The predicted molar refractivity (Wildman–Crippen MR) is 69.7 cm³/mol. The van der Waals surface area contributed by atoms with Crippen LogP contribution in [0.3, 0.4) is 0 Å². The van der Waals surface area contributed by atoms with E-state index in [-0.39, 0.29) is 5.60 Å². The predicted octanol–water partition coefficient (Wildman–Crippen LogP) is 3.36. The molecule has 96 valence electrons. The van der Waals surface area contributed by atoms with Crippen molar-refractivity contribution in [2.45, 2.75) is 70.9 Å². The summed E-state index contributed by atoms with van der Waals surface area (Å²) >= 11 is 0. The summed E-state index contributed by atoms with van der Waals surface area (Å²) in [6, 6.07) is 0.542. The molecule has 1 unspecified atom stereocenters. The van der Waals surface area contributed by atoms with Crippen molar-refractivity contribution in [1.82, 2.24) is 5.32 Å². The van der Waals surface area contributed by atoms with E-state index in [0.717, 1.165) is 25.3 Å². The molecule has 1 aliphatic rings. The van der Waals surface area contributed by atoms with Gasteiger partial charge in [-0.3, -0.25) is 0 Å². The van der Waals surface area contributed by atoms with Crippen molar-refractivity contribution in [3.63, 3.8) is 0 Å². The summed E-state index contributed by atoms with van der Waals surface area (Å²) in [6.07, 6.45) is 7.57. The lowest BCUT2D eigenvalue weighted by atomic mass is 9.85. The molecule has 0 heterocycles. The van der Waals surface area contributed by atoms with Gasteiger partial charge in [-0.1, -0.05) is 33.6 Å². The van der Waals surface area contributed by atoms with Crippen molar-refractivity contribution in [3.05, 3.63) is 0 Å². The highest BCUT2D eigenvalue weighted by Gasteiger charge is 2.38. The smallest absolute Gasteiger partial charge is 0.0825 e. The fourth-order valence-electron chi connectivity index (χ4n) is 2.66. The first-order valence-corrected chi connectivity index (χ1v) is 7.00. The van der Waals surface area contributed by atoms with Gasteiger partial charge in [0.1, 0.15) is 0 Å². The van der Waals surface area contributed by atoms with E-state index in [4.69, 9.17) is 4.74 Å². The summed E-state index contributed by atoms with van der Waals surface area (Å²) in [6.45, 7) is 7.84. The Morgan fingerprint density at radius 2 is 1.88 bits per heavy atom. The van der Waals surface area contributed by atoms with E-state index in [0.29, 0.717) is 6.04 Å². The third kappa shape index (κ3) is 3.46. The van der Waals surface area contributed by atoms with E-state index < -0.39 is 0 Å². The van der Waals surface area contributed by atoms with Gasteiger partial charge in [-0.25, -0.2) is 0 Å². The zero-order valence-electron chi connectivity index (χ0n) is 11.5. The summed E-state index contributed by atoms with van der Waals surface area (Å²) < 4.78 is 5.86. The minimum absolute atomic E-state index is 0.0533. The Kier molecular flexibility index (Phi) is 5.77. The molecule has 2 nitrogen and oxygen atoms in total. The SMILES string of the molecule is CCCNC(CC1CC1)C(CC)(CC)OC. The first kappa shape index (κ1) is 14.0. The highest BCUT2D eigenvalue weighted by Crippen LogP contribution is 2.38. The lowest BCUT2D eigenvalue weighted by Gasteiger charge is -2.39. The van der Waals surface area contributed by atoms with Gasteiger partial charge < -0.3 is 10.1 Å². The molecular weight excluding hydrogens is 198 g/mol. The maximum absolute atomic E-state index is 5.86. The fraction of sp³-hybridized carbons (Fsp3) is 1.00. The van der Waals surface area contributed by atoms with Crippen LogP contribution >= 0.6 is 0 Å². The second-order valence-corrected chi connectivity index (χ2v) is 5.16. The Bertz CT molecular complexity index is 177. The molecule has 0 radical (unpaired) electrons. The highest BCUT2D eigenvalue weighted by atomic mass is 16.5. The van der Waals surface area contributed by atoms with Gasteiger partial charge in [-0.05, 0) is 38.1 Å². The fourth-order valence-corrected chi connectivity index (χ4v) is 2.66. The standard InChI is InChI=1S/C14H29NO/c1-5-10-15-13(11-12-8-9-12)14(6-2,7-3)16-4/h12-13,15H,5-11H2,1-4H3. The molecule has 1 N–H and O–H groups in total. The Morgan fingerprint density at radius 1 is 1.25 bits per heavy atom. The van der Waals surface area contributed by atoms with Gasteiger partial charge in [0.25, 0.3) is 0 Å². The Morgan fingerprint density at radius 3 is 2.25 bits per heavy atom. The van der Waals surface area contributed by atoms with Crippen molar-refractivity contribution in [2.75, 3.05) is 13.7 Å². The Balaban J connectivity index is 2.61. The van der Waals surface area contributed by atoms with E-state index in [1.165, 1.54) is 25.7 Å². The van der Waals surface area contributed by atoms with E-state index in [9.17, 15) is 0 Å². The van der Waals surface area contributed by atoms with Crippen LogP contribution in [0.1, 0.15) is 59.3 Å². The summed E-state index contributed by atoms with van der Waals surface area (Å²) in [5, 5.41) is 3.71. The minimum Gasteiger partial charge on any atom is -0.377 e. The Labute approximate surface area is 101 Å². The van der Waals surface area contributed by atoms with Gasteiger partial charge in [-0.15, -0.1) is 0 Å². The first-order chi connectivity index (χ1) is 7.72. The number of ether oxygens (including phenoxy) is 1. The molecule has 0 aromatic heterocycles. The zero-order chi connectivity index (χ0) is 12.0. The quantitative estimate of drug-likeness (QED) is 0.652. The molecule has 0 saturated heterocycles. The molecule has 0 aromatic rings. The van der Waals surface area contributed by atoms with Crippen LogP contribution in [0.15, 0.2) is 0 Å². The molecule has 1 fully saturated rings. The van der Waals surface area contributed by atoms with Gasteiger partial charge in [0.05, 0.1) is 5.60 Å². The molecule has 1 atom stereocenters. The average molecular weight is 227 g/mol. The van der Waals surface area contributed by atoms with E-state index >= 15 is 0 Å². The van der Waals surface area contributed by atoms with Crippen LogP contribution in [-0.2, 0) is 4.74 Å². The van der Waals surface area contributed by atoms with Gasteiger partial charge in [-0.2, -0.15) is 0 Å². The molecule has 2 heteroatoms. The molecule has 0 amide bonds. The maximum Gasteiger partial charge on any atom is 0.0825 e. The Hall–Kier alpha value is -0.0800. The molecule has 1 saturated carbocycles. The second kappa shape index (κ2) is 6.61. The number of hydrogen-bond acceptors (Lipinski definition) is 2. The first-order valence-electron chi connectivity index (χ1n) is 7.00. The molecule has 0 aromatic carbocycles. The normalized spacial score (nSPS) is 18.8.